The normalized spacial score (nSPS) is 11.9. The van der Waals surface area contributed by atoms with E-state index in [-0.39, 0.29) is 18.5 Å². The van der Waals surface area contributed by atoms with Crippen molar-refractivity contribution in [3.05, 3.63) is 18.2 Å². The van der Waals surface area contributed by atoms with Gasteiger partial charge in [-0.3, -0.25) is 4.79 Å². The summed E-state index contributed by atoms with van der Waals surface area (Å²) in [6.07, 6.45) is 3.94. The Morgan fingerprint density at radius 3 is 2.84 bits per heavy atom. The van der Waals surface area contributed by atoms with Gasteiger partial charge in [0.05, 0.1) is 6.42 Å². The molecule has 1 aromatic rings. The third-order valence-corrected chi connectivity index (χ3v) is 2.80. The van der Waals surface area contributed by atoms with Crippen LogP contribution in [0.5, 0.6) is 0 Å². The van der Waals surface area contributed by atoms with E-state index in [2.05, 4.69) is 15.3 Å². The molecule has 0 spiro atoms. The number of aromatic amines is 1. The molecule has 1 atom stereocenters. The average Bonchev–Trinajstić information content (AvgIpc) is 2.82. The molecule has 1 aromatic heterocycles. The Hall–Kier alpha value is -2.05. The molecule has 0 aliphatic carbocycles. The Labute approximate surface area is 112 Å². The molecule has 0 aliphatic heterocycles. The zero-order valence-corrected chi connectivity index (χ0v) is 11.2. The monoisotopic (exact) mass is 268 g/mol. The van der Waals surface area contributed by atoms with Gasteiger partial charge < -0.3 is 20.3 Å². The number of amides is 2. The van der Waals surface area contributed by atoms with Crippen LogP contribution in [0.4, 0.5) is 4.79 Å². The molecule has 0 aliphatic rings. The molecule has 0 bridgehead atoms. The number of carboxylic acid groups (broad SMARTS) is 1. The van der Waals surface area contributed by atoms with E-state index in [1.54, 1.807) is 19.3 Å². The Kier molecular flexibility index (Phi) is 5.84. The summed E-state index contributed by atoms with van der Waals surface area (Å²) in [6.45, 7) is 4.48. The second-order valence-electron chi connectivity index (χ2n) is 4.25. The highest BCUT2D eigenvalue weighted by atomic mass is 16.4. The Morgan fingerprint density at radius 1 is 1.58 bits per heavy atom. The van der Waals surface area contributed by atoms with Crippen molar-refractivity contribution in [2.24, 2.45) is 0 Å². The summed E-state index contributed by atoms with van der Waals surface area (Å²) >= 11 is 0. The van der Waals surface area contributed by atoms with Gasteiger partial charge >= 0.3 is 12.0 Å². The molecule has 0 radical (unpaired) electrons. The first-order chi connectivity index (χ1) is 9.04. The molecular formula is C12H20N4O3. The Morgan fingerprint density at radius 2 is 2.32 bits per heavy atom. The first-order valence-corrected chi connectivity index (χ1v) is 6.29. The number of hydrogen-bond donors (Lipinski definition) is 3. The zero-order chi connectivity index (χ0) is 14.3. The van der Waals surface area contributed by atoms with E-state index in [9.17, 15) is 9.59 Å². The summed E-state index contributed by atoms with van der Waals surface area (Å²) in [5.41, 5.74) is 0. The third-order valence-electron chi connectivity index (χ3n) is 2.80. The van der Waals surface area contributed by atoms with Gasteiger partial charge in [0.1, 0.15) is 5.82 Å². The van der Waals surface area contributed by atoms with Crippen LogP contribution in [0.3, 0.4) is 0 Å². The van der Waals surface area contributed by atoms with Gasteiger partial charge in [-0.05, 0) is 13.8 Å². The van der Waals surface area contributed by atoms with Crippen LogP contribution in [-0.2, 0) is 11.2 Å². The highest BCUT2D eigenvalue weighted by molar-refractivity contribution is 5.75. The van der Waals surface area contributed by atoms with Gasteiger partial charge in [-0.25, -0.2) is 9.78 Å². The first-order valence-electron chi connectivity index (χ1n) is 6.29. The van der Waals surface area contributed by atoms with E-state index in [0.29, 0.717) is 19.5 Å². The number of aromatic nitrogens is 2. The number of carbonyl (C=O) groups excluding carboxylic acids is 1. The number of imidazole rings is 1. The second kappa shape index (κ2) is 7.40. The molecule has 2 amide bonds. The fourth-order valence-corrected chi connectivity index (χ4v) is 1.84. The van der Waals surface area contributed by atoms with E-state index in [4.69, 9.17) is 5.11 Å². The molecule has 1 heterocycles. The maximum Gasteiger partial charge on any atom is 0.317 e. The average molecular weight is 268 g/mol. The van der Waals surface area contributed by atoms with Gasteiger partial charge in [-0.15, -0.1) is 0 Å². The van der Waals surface area contributed by atoms with E-state index in [1.165, 1.54) is 4.90 Å². The van der Waals surface area contributed by atoms with Crippen LogP contribution in [0.1, 0.15) is 26.1 Å². The van der Waals surface area contributed by atoms with E-state index in [0.717, 1.165) is 5.82 Å². The maximum atomic E-state index is 11.9. The predicted octanol–water partition coefficient (Wildman–Crippen LogP) is 0.847. The van der Waals surface area contributed by atoms with Crippen LogP contribution in [0.25, 0.3) is 0 Å². The molecule has 7 heteroatoms. The van der Waals surface area contributed by atoms with Crippen LogP contribution in [-0.4, -0.2) is 51.1 Å². The van der Waals surface area contributed by atoms with Crippen molar-refractivity contribution in [2.75, 3.05) is 13.1 Å². The molecule has 1 unspecified atom stereocenters. The zero-order valence-electron chi connectivity index (χ0n) is 11.2. The van der Waals surface area contributed by atoms with Crippen molar-refractivity contribution >= 4 is 12.0 Å². The number of nitrogens with zero attached hydrogens (tertiary/aromatic N) is 2. The smallest absolute Gasteiger partial charge is 0.317 e. The van der Waals surface area contributed by atoms with Crippen LogP contribution in [0.2, 0.25) is 0 Å². The standard InChI is InChI=1S/C12H20N4O3/c1-3-16(9(2)8-11(17)18)12(19)15-5-4-10-13-6-7-14-10/h6-7,9H,3-5,8H2,1-2H3,(H,13,14)(H,15,19)(H,17,18). The SMILES string of the molecule is CCN(C(=O)NCCc1ncc[nH]1)C(C)CC(=O)O. The molecule has 3 N–H and O–H groups in total. The van der Waals surface area contributed by atoms with Crippen molar-refractivity contribution in [2.45, 2.75) is 32.7 Å². The molecular weight excluding hydrogens is 248 g/mol. The lowest BCUT2D eigenvalue weighted by atomic mass is 10.2. The molecule has 19 heavy (non-hydrogen) atoms. The molecule has 0 saturated carbocycles. The summed E-state index contributed by atoms with van der Waals surface area (Å²) in [6, 6.07) is -0.575. The quantitative estimate of drug-likeness (QED) is 0.682. The minimum atomic E-state index is -0.908. The van der Waals surface area contributed by atoms with Crippen molar-refractivity contribution < 1.29 is 14.7 Å². The number of carbonyl (C=O) groups is 2. The molecule has 0 saturated heterocycles. The third kappa shape index (κ3) is 4.99. The summed E-state index contributed by atoms with van der Waals surface area (Å²) in [4.78, 5) is 31.1. The first kappa shape index (κ1) is 15.0. The lowest BCUT2D eigenvalue weighted by molar-refractivity contribution is -0.138. The fourth-order valence-electron chi connectivity index (χ4n) is 1.84. The van der Waals surface area contributed by atoms with Crippen molar-refractivity contribution in [3.8, 4) is 0 Å². The highest BCUT2D eigenvalue weighted by Crippen LogP contribution is 2.04. The van der Waals surface area contributed by atoms with E-state index in [1.807, 2.05) is 6.92 Å². The molecule has 1 rings (SSSR count). The van der Waals surface area contributed by atoms with Gasteiger partial charge in [0.2, 0.25) is 0 Å². The van der Waals surface area contributed by atoms with Crippen LogP contribution in [0.15, 0.2) is 12.4 Å². The van der Waals surface area contributed by atoms with Crippen LogP contribution < -0.4 is 5.32 Å². The van der Waals surface area contributed by atoms with Gasteiger partial charge in [-0.2, -0.15) is 0 Å². The number of aliphatic carboxylic acids is 1. The topological polar surface area (TPSA) is 98.3 Å². The molecule has 7 nitrogen and oxygen atoms in total. The fraction of sp³-hybridized carbons (Fsp3) is 0.583. The largest absolute Gasteiger partial charge is 0.481 e. The van der Waals surface area contributed by atoms with Gasteiger partial charge in [0, 0.05) is 37.9 Å². The summed E-state index contributed by atoms with van der Waals surface area (Å²) in [5, 5.41) is 11.5. The van der Waals surface area contributed by atoms with E-state index >= 15 is 0 Å². The number of H-pyrrole nitrogens is 1. The lowest BCUT2D eigenvalue weighted by Gasteiger charge is -2.27. The number of hydrogen-bond acceptors (Lipinski definition) is 3. The predicted molar refractivity (Wildman–Crippen MR) is 69.8 cm³/mol. The second-order valence-corrected chi connectivity index (χ2v) is 4.25. The van der Waals surface area contributed by atoms with Gasteiger partial charge in [-0.1, -0.05) is 0 Å². The van der Waals surface area contributed by atoms with Gasteiger partial charge in [0.25, 0.3) is 0 Å². The maximum absolute atomic E-state index is 11.9. The van der Waals surface area contributed by atoms with Crippen LogP contribution in [0, 0.1) is 0 Å². The van der Waals surface area contributed by atoms with Crippen molar-refractivity contribution in [1.82, 2.24) is 20.2 Å². The number of carboxylic acids is 1. The molecule has 0 aromatic carbocycles. The van der Waals surface area contributed by atoms with Gasteiger partial charge in [0.15, 0.2) is 0 Å². The number of urea groups is 1. The molecule has 106 valence electrons. The number of nitrogens with one attached hydrogen (secondary N) is 2. The Bertz CT molecular complexity index is 405. The van der Waals surface area contributed by atoms with Crippen LogP contribution >= 0.6 is 0 Å². The lowest BCUT2D eigenvalue weighted by Crippen LogP contribution is -2.46. The summed E-state index contributed by atoms with van der Waals surface area (Å²) in [7, 11) is 0. The minimum absolute atomic E-state index is 0.0561. The molecule has 0 fully saturated rings. The Balaban J connectivity index is 2.38. The van der Waals surface area contributed by atoms with Crippen molar-refractivity contribution in [3.63, 3.8) is 0 Å². The summed E-state index contributed by atoms with van der Waals surface area (Å²) < 4.78 is 0. The van der Waals surface area contributed by atoms with E-state index < -0.39 is 5.97 Å². The highest BCUT2D eigenvalue weighted by Gasteiger charge is 2.20. The number of rotatable bonds is 7. The minimum Gasteiger partial charge on any atom is -0.481 e. The van der Waals surface area contributed by atoms with Crippen molar-refractivity contribution in [1.29, 1.82) is 0 Å². The summed E-state index contributed by atoms with van der Waals surface area (Å²) in [5.74, 6) is -0.101.